The van der Waals surface area contributed by atoms with E-state index in [0.717, 1.165) is 16.8 Å². The minimum absolute atomic E-state index is 0.251. The van der Waals surface area contributed by atoms with Crippen LogP contribution in [0.4, 0.5) is 10.5 Å². The number of urea groups is 1. The highest BCUT2D eigenvalue weighted by Gasteiger charge is 1.98. The summed E-state index contributed by atoms with van der Waals surface area (Å²) in [6, 6.07) is 15.5. The van der Waals surface area contributed by atoms with Gasteiger partial charge in [0.15, 0.2) is 0 Å². The third-order valence-electron chi connectivity index (χ3n) is 2.84. The van der Waals surface area contributed by atoms with Gasteiger partial charge < -0.3 is 10.6 Å². The van der Waals surface area contributed by atoms with Crippen LogP contribution >= 0.6 is 0 Å². The second kappa shape index (κ2) is 6.57. The predicted molar refractivity (Wildman–Crippen MR) is 83.5 cm³/mol. The number of hydrogen-bond donors (Lipinski definition) is 2. The first-order valence-electron chi connectivity index (χ1n) is 6.51. The highest BCUT2D eigenvalue weighted by atomic mass is 16.2. The molecule has 0 heterocycles. The van der Waals surface area contributed by atoms with Gasteiger partial charge in [0.05, 0.1) is 0 Å². The lowest BCUT2D eigenvalue weighted by molar-refractivity contribution is 0.255. The first-order chi connectivity index (χ1) is 9.63. The van der Waals surface area contributed by atoms with Crippen LogP contribution in [-0.2, 0) is 0 Å². The Labute approximate surface area is 119 Å². The van der Waals surface area contributed by atoms with Gasteiger partial charge in [-0.25, -0.2) is 4.79 Å². The maximum absolute atomic E-state index is 11.7. The van der Waals surface area contributed by atoms with Crippen molar-refractivity contribution in [3.63, 3.8) is 0 Å². The molecule has 0 fully saturated rings. The average Bonchev–Trinajstić information content (AvgIpc) is 2.41. The Morgan fingerprint density at radius 1 is 1.00 bits per heavy atom. The molecule has 2 N–H and O–H groups in total. The molecule has 0 radical (unpaired) electrons. The molecule has 0 aliphatic heterocycles. The third-order valence-corrected chi connectivity index (χ3v) is 2.84. The maximum atomic E-state index is 11.7. The van der Waals surface area contributed by atoms with Crippen molar-refractivity contribution < 1.29 is 4.79 Å². The standard InChI is InChI=1S/C17H18N2O/c1-13-6-8-15(9-7-13)10-11-18-17(20)19-16-5-3-4-14(2)12-16/h3-12H,1-2H3,(H2,18,19,20)/b11-10+. The molecule has 0 unspecified atom stereocenters. The zero-order valence-corrected chi connectivity index (χ0v) is 11.7. The predicted octanol–water partition coefficient (Wildman–Crippen LogP) is 4.10. The van der Waals surface area contributed by atoms with Crippen LogP contribution in [0.2, 0.25) is 0 Å². The summed E-state index contributed by atoms with van der Waals surface area (Å²) in [5, 5.41) is 5.46. The molecule has 3 nitrogen and oxygen atoms in total. The Morgan fingerprint density at radius 3 is 2.45 bits per heavy atom. The van der Waals surface area contributed by atoms with E-state index in [4.69, 9.17) is 0 Å². The fourth-order valence-electron chi connectivity index (χ4n) is 1.78. The van der Waals surface area contributed by atoms with Gasteiger partial charge in [-0.15, -0.1) is 0 Å². The van der Waals surface area contributed by atoms with Gasteiger partial charge in [-0.1, -0.05) is 42.0 Å². The van der Waals surface area contributed by atoms with Crippen LogP contribution in [0.5, 0.6) is 0 Å². The quantitative estimate of drug-likeness (QED) is 0.863. The van der Waals surface area contributed by atoms with E-state index in [1.807, 2.05) is 68.5 Å². The SMILES string of the molecule is Cc1ccc(/C=C/NC(=O)Nc2cccc(C)c2)cc1. The van der Waals surface area contributed by atoms with Gasteiger partial charge in [0.2, 0.25) is 0 Å². The number of carbonyl (C=O) groups is 1. The lowest BCUT2D eigenvalue weighted by Gasteiger charge is -2.05. The topological polar surface area (TPSA) is 41.1 Å². The summed E-state index contributed by atoms with van der Waals surface area (Å²) < 4.78 is 0. The van der Waals surface area contributed by atoms with Crippen LogP contribution < -0.4 is 10.6 Å². The third kappa shape index (κ3) is 4.28. The lowest BCUT2D eigenvalue weighted by Crippen LogP contribution is -2.23. The fraction of sp³-hybridized carbons (Fsp3) is 0.118. The van der Waals surface area contributed by atoms with Crippen molar-refractivity contribution in [3.8, 4) is 0 Å². The largest absolute Gasteiger partial charge is 0.323 e. The Balaban J connectivity index is 1.87. The number of carbonyl (C=O) groups excluding carboxylic acids is 1. The summed E-state index contributed by atoms with van der Waals surface area (Å²) in [5.41, 5.74) is 4.16. The number of rotatable bonds is 3. The highest BCUT2D eigenvalue weighted by molar-refractivity contribution is 5.90. The molecule has 0 spiro atoms. The molecule has 0 saturated heterocycles. The molecule has 2 aromatic rings. The zero-order valence-electron chi connectivity index (χ0n) is 11.7. The van der Waals surface area contributed by atoms with E-state index in [1.54, 1.807) is 6.20 Å². The Morgan fingerprint density at radius 2 is 1.75 bits per heavy atom. The van der Waals surface area contributed by atoms with Gasteiger partial charge in [0.25, 0.3) is 0 Å². The molecule has 3 heteroatoms. The summed E-state index contributed by atoms with van der Waals surface area (Å²) >= 11 is 0. The van der Waals surface area contributed by atoms with Crippen molar-refractivity contribution in [3.05, 3.63) is 71.4 Å². The zero-order chi connectivity index (χ0) is 14.4. The van der Waals surface area contributed by atoms with Gasteiger partial charge in [-0.2, -0.15) is 0 Å². The Kier molecular flexibility index (Phi) is 4.56. The minimum atomic E-state index is -0.251. The normalized spacial score (nSPS) is 10.5. The molecular weight excluding hydrogens is 248 g/mol. The molecule has 0 atom stereocenters. The molecule has 0 aliphatic rings. The Hall–Kier alpha value is -2.55. The van der Waals surface area contributed by atoms with Gasteiger partial charge >= 0.3 is 6.03 Å². The van der Waals surface area contributed by atoms with Crippen LogP contribution in [0.1, 0.15) is 16.7 Å². The molecule has 0 bridgehead atoms. The van der Waals surface area contributed by atoms with E-state index in [1.165, 1.54) is 5.56 Å². The van der Waals surface area contributed by atoms with Crippen LogP contribution in [0, 0.1) is 13.8 Å². The average molecular weight is 266 g/mol. The van der Waals surface area contributed by atoms with E-state index in [0.29, 0.717) is 0 Å². The van der Waals surface area contributed by atoms with E-state index in [9.17, 15) is 4.79 Å². The van der Waals surface area contributed by atoms with E-state index >= 15 is 0 Å². The first-order valence-corrected chi connectivity index (χ1v) is 6.51. The Bertz CT molecular complexity index is 615. The number of aryl methyl sites for hydroxylation is 2. The van der Waals surface area contributed by atoms with E-state index in [2.05, 4.69) is 10.6 Å². The number of amides is 2. The molecule has 0 aliphatic carbocycles. The maximum Gasteiger partial charge on any atom is 0.323 e. The summed E-state index contributed by atoms with van der Waals surface area (Å²) in [6.45, 7) is 4.03. The van der Waals surface area contributed by atoms with E-state index in [-0.39, 0.29) is 6.03 Å². The van der Waals surface area contributed by atoms with Crippen LogP contribution in [0.15, 0.2) is 54.7 Å². The van der Waals surface area contributed by atoms with E-state index < -0.39 is 0 Å². The lowest BCUT2D eigenvalue weighted by atomic mass is 10.1. The first kappa shape index (κ1) is 13.9. The van der Waals surface area contributed by atoms with Gasteiger partial charge in [-0.05, 0) is 43.2 Å². The fourth-order valence-corrected chi connectivity index (χ4v) is 1.78. The second-order valence-electron chi connectivity index (χ2n) is 4.71. The molecule has 102 valence electrons. The van der Waals surface area contributed by atoms with Crippen molar-refractivity contribution >= 4 is 17.8 Å². The van der Waals surface area contributed by atoms with Crippen molar-refractivity contribution in [2.24, 2.45) is 0 Å². The number of anilines is 1. The van der Waals surface area contributed by atoms with Gasteiger partial charge in [0, 0.05) is 11.9 Å². The summed E-state index contributed by atoms with van der Waals surface area (Å²) in [7, 11) is 0. The molecule has 2 aromatic carbocycles. The van der Waals surface area contributed by atoms with Crippen LogP contribution in [0.25, 0.3) is 6.08 Å². The molecule has 0 aromatic heterocycles. The molecule has 20 heavy (non-hydrogen) atoms. The highest BCUT2D eigenvalue weighted by Crippen LogP contribution is 2.09. The monoisotopic (exact) mass is 266 g/mol. The number of hydrogen-bond acceptors (Lipinski definition) is 1. The number of nitrogens with one attached hydrogen (secondary N) is 2. The van der Waals surface area contributed by atoms with Crippen molar-refractivity contribution in [2.45, 2.75) is 13.8 Å². The van der Waals surface area contributed by atoms with Crippen molar-refractivity contribution in [2.75, 3.05) is 5.32 Å². The summed E-state index contributed by atoms with van der Waals surface area (Å²) in [6.07, 6.45) is 3.49. The minimum Gasteiger partial charge on any atom is -0.314 e. The summed E-state index contributed by atoms with van der Waals surface area (Å²) in [5.74, 6) is 0. The van der Waals surface area contributed by atoms with Crippen molar-refractivity contribution in [1.82, 2.24) is 5.32 Å². The van der Waals surface area contributed by atoms with Gasteiger partial charge in [0.1, 0.15) is 0 Å². The second-order valence-corrected chi connectivity index (χ2v) is 4.71. The van der Waals surface area contributed by atoms with Crippen LogP contribution in [-0.4, -0.2) is 6.03 Å². The number of benzene rings is 2. The smallest absolute Gasteiger partial charge is 0.314 e. The molecule has 0 saturated carbocycles. The van der Waals surface area contributed by atoms with Crippen molar-refractivity contribution in [1.29, 1.82) is 0 Å². The molecule has 2 rings (SSSR count). The van der Waals surface area contributed by atoms with Crippen LogP contribution in [0.3, 0.4) is 0 Å². The molecule has 2 amide bonds. The summed E-state index contributed by atoms with van der Waals surface area (Å²) in [4.78, 5) is 11.7. The molecular formula is C17H18N2O. The van der Waals surface area contributed by atoms with Gasteiger partial charge in [-0.3, -0.25) is 0 Å².